The van der Waals surface area contributed by atoms with Gasteiger partial charge < -0.3 is 10.1 Å². The Kier molecular flexibility index (Phi) is 4.98. The molecular formula is C19H17N3O4. The maximum atomic E-state index is 12.2. The highest BCUT2D eigenvalue weighted by molar-refractivity contribution is 5.92. The van der Waals surface area contributed by atoms with E-state index in [1.54, 1.807) is 24.3 Å². The second-order valence-electron chi connectivity index (χ2n) is 5.70. The van der Waals surface area contributed by atoms with Crippen LogP contribution in [0.4, 0.5) is 5.69 Å². The third-order valence-corrected chi connectivity index (χ3v) is 3.62. The van der Waals surface area contributed by atoms with Crippen molar-refractivity contribution < 1.29 is 9.53 Å². The van der Waals surface area contributed by atoms with Crippen LogP contribution >= 0.6 is 0 Å². The molecule has 0 bridgehead atoms. The van der Waals surface area contributed by atoms with Crippen molar-refractivity contribution in [2.24, 2.45) is 0 Å². The number of para-hydroxylation sites is 2. The molecule has 0 saturated carbocycles. The lowest BCUT2D eigenvalue weighted by Gasteiger charge is -2.12. The van der Waals surface area contributed by atoms with Crippen LogP contribution in [0.15, 0.2) is 70.4 Å². The molecule has 0 unspecified atom stereocenters. The molecule has 3 aromatic rings. The number of benzene rings is 2. The number of hydrogen-bond donors (Lipinski definition) is 2. The maximum absolute atomic E-state index is 12.2. The van der Waals surface area contributed by atoms with Crippen molar-refractivity contribution in [2.45, 2.75) is 13.5 Å². The zero-order valence-electron chi connectivity index (χ0n) is 14.1. The SMILES string of the molecule is Cc1ccc(Oc2ccccc2NC(=O)Cn2ccc(=O)[nH]c2=O)cc1. The molecule has 1 heterocycles. The number of carbonyl (C=O) groups is 1. The van der Waals surface area contributed by atoms with Crippen LogP contribution in [0.3, 0.4) is 0 Å². The summed E-state index contributed by atoms with van der Waals surface area (Å²) in [7, 11) is 0. The van der Waals surface area contributed by atoms with Crippen LogP contribution in [-0.4, -0.2) is 15.5 Å². The van der Waals surface area contributed by atoms with Gasteiger partial charge in [0, 0.05) is 12.3 Å². The largest absolute Gasteiger partial charge is 0.455 e. The summed E-state index contributed by atoms with van der Waals surface area (Å²) in [4.78, 5) is 37.1. The van der Waals surface area contributed by atoms with E-state index in [1.807, 2.05) is 31.2 Å². The summed E-state index contributed by atoms with van der Waals surface area (Å²) < 4.78 is 6.94. The molecule has 26 heavy (non-hydrogen) atoms. The summed E-state index contributed by atoms with van der Waals surface area (Å²) in [6.07, 6.45) is 1.27. The third kappa shape index (κ3) is 4.27. The average molecular weight is 351 g/mol. The quantitative estimate of drug-likeness (QED) is 0.737. The zero-order valence-corrected chi connectivity index (χ0v) is 14.1. The van der Waals surface area contributed by atoms with Gasteiger partial charge in [-0.25, -0.2) is 4.79 Å². The lowest BCUT2D eigenvalue weighted by Crippen LogP contribution is -2.32. The number of carbonyl (C=O) groups excluding carboxylic acids is 1. The summed E-state index contributed by atoms with van der Waals surface area (Å²) in [6.45, 7) is 1.76. The number of aromatic amines is 1. The van der Waals surface area contributed by atoms with Gasteiger partial charge in [-0.1, -0.05) is 29.8 Å². The predicted molar refractivity (Wildman–Crippen MR) is 97.6 cm³/mol. The monoisotopic (exact) mass is 351 g/mol. The van der Waals surface area contributed by atoms with E-state index in [2.05, 4.69) is 10.3 Å². The molecule has 7 heteroatoms. The molecule has 132 valence electrons. The van der Waals surface area contributed by atoms with Gasteiger partial charge in [0.2, 0.25) is 5.91 Å². The van der Waals surface area contributed by atoms with Crippen LogP contribution in [0.1, 0.15) is 5.56 Å². The minimum absolute atomic E-state index is 0.228. The van der Waals surface area contributed by atoms with Gasteiger partial charge in [0.1, 0.15) is 12.3 Å². The van der Waals surface area contributed by atoms with E-state index >= 15 is 0 Å². The van der Waals surface area contributed by atoms with Gasteiger partial charge in [0.05, 0.1) is 5.69 Å². The lowest BCUT2D eigenvalue weighted by atomic mass is 10.2. The number of nitrogens with one attached hydrogen (secondary N) is 2. The van der Waals surface area contributed by atoms with Crippen LogP contribution in [0.2, 0.25) is 0 Å². The highest BCUT2D eigenvalue weighted by Crippen LogP contribution is 2.29. The topological polar surface area (TPSA) is 93.2 Å². The first-order chi connectivity index (χ1) is 12.5. The highest BCUT2D eigenvalue weighted by Gasteiger charge is 2.10. The normalized spacial score (nSPS) is 10.3. The fourth-order valence-corrected chi connectivity index (χ4v) is 2.31. The molecule has 0 radical (unpaired) electrons. The Labute approximate surface area is 148 Å². The van der Waals surface area contributed by atoms with Gasteiger partial charge in [0.25, 0.3) is 5.56 Å². The third-order valence-electron chi connectivity index (χ3n) is 3.62. The van der Waals surface area contributed by atoms with E-state index < -0.39 is 17.2 Å². The van der Waals surface area contributed by atoms with E-state index in [0.717, 1.165) is 10.1 Å². The Hall–Kier alpha value is -3.61. The van der Waals surface area contributed by atoms with E-state index in [9.17, 15) is 14.4 Å². The first-order valence-electron chi connectivity index (χ1n) is 7.94. The highest BCUT2D eigenvalue weighted by atomic mass is 16.5. The van der Waals surface area contributed by atoms with Crippen molar-refractivity contribution in [3.8, 4) is 11.5 Å². The second-order valence-corrected chi connectivity index (χ2v) is 5.70. The molecule has 2 aromatic carbocycles. The number of nitrogens with zero attached hydrogens (tertiary/aromatic N) is 1. The molecule has 1 amide bonds. The molecule has 0 saturated heterocycles. The summed E-state index contributed by atoms with van der Waals surface area (Å²) in [5, 5.41) is 2.72. The van der Waals surface area contributed by atoms with Crippen LogP contribution in [-0.2, 0) is 11.3 Å². The lowest BCUT2D eigenvalue weighted by molar-refractivity contribution is -0.116. The van der Waals surface area contributed by atoms with Gasteiger partial charge in [-0.3, -0.25) is 19.1 Å². The van der Waals surface area contributed by atoms with Gasteiger partial charge in [0.15, 0.2) is 5.75 Å². The standard InChI is InChI=1S/C19H17N3O4/c1-13-6-8-14(9-7-13)26-16-5-3-2-4-15(16)20-18(24)12-22-11-10-17(23)21-19(22)25/h2-11H,12H2,1H3,(H,20,24)(H,21,23,25). The summed E-state index contributed by atoms with van der Waals surface area (Å²) in [6, 6.07) is 15.7. The first-order valence-corrected chi connectivity index (χ1v) is 7.94. The summed E-state index contributed by atoms with van der Waals surface area (Å²) >= 11 is 0. The Morgan fingerprint density at radius 3 is 2.54 bits per heavy atom. The molecule has 0 spiro atoms. The Bertz CT molecular complexity index is 1040. The maximum Gasteiger partial charge on any atom is 0.328 e. The van der Waals surface area contributed by atoms with E-state index in [1.165, 1.54) is 12.3 Å². The van der Waals surface area contributed by atoms with Crippen LogP contribution in [0.25, 0.3) is 0 Å². The number of hydrogen-bond acceptors (Lipinski definition) is 4. The number of aromatic nitrogens is 2. The molecule has 3 rings (SSSR count). The molecular weight excluding hydrogens is 334 g/mol. The smallest absolute Gasteiger partial charge is 0.328 e. The number of rotatable bonds is 5. The second kappa shape index (κ2) is 7.52. The summed E-state index contributed by atoms with van der Waals surface area (Å²) in [5.74, 6) is 0.715. The van der Waals surface area contributed by atoms with Crippen molar-refractivity contribution in [2.75, 3.05) is 5.32 Å². The number of H-pyrrole nitrogens is 1. The van der Waals surface area contributed by atoms with Crippen molar-refractivity contribution in [3.05, 3.63) is 87.2 Å². The molecule has 7 nitrogen and oxygen atoms in total. The molecule has 0 atom stereocenters. The minimum Gasteiger partial charge on any atom is -0.455 e. The number of aryl methyl sites for hydroxylation is 1. The van der Waals surface area contributed by atoms with E-state index in [4.69, 9.17) is 4.74 Å². The molecule has 0 aliphatic carbocycles. The molecule has 0 aliphatic heterocycles. The van der Waals surface area contributed by atoms with Crippen LogP contribution in [0, 0.1) is 6.92 Å². The first kappa shape index (κ1) is 17.2. The van der Waals surface area contributed by atoms with Gasteiger partial charge in [-0.2, -0.15) is 0 Å². The molecule has 0 aliphatic rings. The Balaban J connectivity index is 1.75. The number of amides is 1. The average Bonchev–Trinajstić information content (AvgIpc) is 2.61. The fraction of sp³-hybridized carbons (Fsp3) is 0.105. The predicted octanol–water partition coefficient (Wildman–Crippen LogP) is 2.28. The van der Waals surface area contributed by atoms with Crippen molar-refractivity contribution >= 4 is 11.6 Å². The number of anilines is 1. The Morgan fingerprint density at radius 2 is 1.81 bits per heavy atom. The van der Waals surface area contributed by atoms with Crippen LogP contribution < -0.4 is 21.3 Å². The fourth-order valence-electron chi connectivity index (χ4n) is 2.31. The van der Waals surface area contributed by atoms with Gasteiger partial charge >= 0.3 is 5.69 Å². The van der Waals surface area contributed by atoms with E-state index in [-0.39, 0.29) is 6.54 Å². The van der Waals surface area contributed by atoms with Crippen molar-refractivity contribution in [3.63, 3.8) is 0 Å². The van der Waals surface area contributed by atoms with Crippen molar-refractivity contribution in [1.82, 2.24) is 9.55 Å². The van der Waals surface area contributed by atoms with E-state index in [0.29, 0.717) is 17.2 Å². The minimum atomic E-state index is -0.642. The van der Waals surface area contributed by atoms with Gasteiger partial charge in [-0.15, -0.1) is 0 Å². The Morgan fingerprint density at radius 1 is 1.08 bits per heavy atom. The number of ether oxygens (including phenoxy) is 1. The zero-order chi connectivity index (χ0) is 18.5. The van der Waals surface area contributed by atoms with Crippen LogP contribution in [0.5, 0.6) is 11.5 Å². The molecule has 1 aromatic heterocycles. The van der Waals surface area contributed by atoms with Gasteiger partial charge in [-0.05, 0) is 31.2 Å². The summed E-state index contributed by atoms with van der Waals surface area (Å²) in [5.41, 5.74) is 0.446. The van der Waals surface area contributed by atoms with Crippen molar-refractivity contribution in [1.29, 1.82) is 0 Å². The molecule has 2 N–H and O–H groups in total. The molecule has 0 fully saturated rings.